The molecule has 204 valence electrons. The number of allylic oxidation sites excluding steroid dienone is 1. The molecule has 0 radical (unpaired) electrons. The van der Waals surface area contributed by atoms with Gasteiger partial charge in [0.25, 0.3) is 17.0 Å². The molecule has 1 N–H and O–H groups in total. The quantitative estimate of drug-likeness (QED) is 0.357. The summed E-state index contributed by atoms with van der Waals surface area (Å²) in [5.74, 6) is -2.45. The van der Waals surface area contributed by atoms with Crippen LogP contribution in [-0.2, 0) is 19.0 Å². The Balaban J connectivity index is 1.59. The van der Waals surface area contributed by atoms with Crippen molar-refractivity contribution in [1.82, 2.24) is 34.0 Å². The minimum atomic E-state index is -2.95. The highest BCUT2D eigenvalue weighted by Crippen LogP contribution is 2.38. The van der Waals surface area contributed by atoms with Crippen molar-refractivity contribution in [1.29, 1.82) is 0 Å². The number of fused-ring (bicyclic) bond motifs is 2. The molecule has 1 aliphatic heterocycles. The smallest absolute Gasteiger partial charge is 0.285 e. The normalized spacial score (nSPS) is 15.2. The van der Waals surface area contributed by atoms with Gasteiger partial charge in [-0.25, -0.2) is 19.0 Å². The third-order valence-corrected chi connectivity index (χ3v) is 6.76. The number of alkyl halides is 2. The molecule has 0 spiro atoms. The third kappa shape index (κ3) is 4.76. The van der Waals surface area contributed by atoms with Crippen LogP contribution in [-0.4, -0.2) is 46.6 Å². The zero-order valence-electron chi connectivity index (χ0n) is 22.2. The van der Waals surface area contributed by atoms with Crippen LogP contribution in [0.2, 0.25) is 0 Å². The van der Waals surface area contributed by atoms with E-state index in [4.69, 9.17) is 0 Å². The molecule has 12 heteroatoms. The van der Waals surface area contributed by atoms with Gasteiger partial charge in [-0.05, 0) is 51.5 Å². The van der Waals surface area contributed by atoms with Crippen LogP contribution in [0.5, 0.6) is 0 Å². The largest absolute Gasteiger partial charge is 0.324 e. The Hall–Kier alpha value is -4.19. The van der Waals surface area contributed by atoms with Gasteiger partial charge in [-0.15, -0.1) is 11.7 Å². The molecule has 0 fully saturated rings. The van der Waals surface area contributed by atoms with Crippen molar-refractivity contribution in [2.75, 3.05) is 11.9 Å². The van der Waals surface area contributed by atoms with E-state index in [1.165, 1.54) is 38.4 Å². The van der Waals surface area contributed by atoms with Crippen molar-refractivity contribution in [2.24, 2.45) is 0 Å². The molecule has 0 bridgehead atoms. The number of nitrogens with zero attached hydrogens (tertiary/aromatic N) is 7. The Morgan fingerprint density at radius 3 is 2.59 bits per heavy atom. The lowest BCUT2D eigenvalue weighted by Crippen LogP contribution is -2.43. The first-order valence-electron chi connectivity index (χ1n) is 12.7. The second-order valence-corrected chi connectivity index (χ2v) is 10.2. The number of rotatable bonds is 7. The van der Waals surface area contributed by atoms with E-state index in [-0.39, 0.29) is 58.8 Å². The van der Waals surface area contributed by atoms with Crippen LogP contribution >= 0.6 is 0 Å². The first kappa shape index (κ1) is 26.4. The molecule has 0 atom stereocenters. The fourth-order valence-corrected chi connectivity index (χ4v) is 4.77. The highest BCUT2D eigenvalue weighted by molar-refractivity contribution is 5.77. The van der Waals surface area contributed by atoms with Crippen molar-refractivity contribution in [3.05, 3.63) is 81.0 Å². The number of anilines is 2. The van der Waals surface area contributed by atoms with Crippen molar-refractivity contribution >= 4 is 22.7 Å². The van der Waals surface area contributed by atoms with Crippen LogP contribution in [0.1, 0.15) is 44.9 Å². The Morgan fingerprint density at radius 1 is 1.13 bits per heavy atom. The minimum absolute atomic E-state index is 0.0167. The van der Waals surface area contributed by atoms with Gasteiger partial charge in [-0.1, -0.05) is 12.1 Å². The maximum atomic E-state index is 14.8. The van der Waals surface area contributed by atoms with E-state index in [0.29, 0.717) is 23.6 Å². The third-order valence-electron chi connectivity index (χ3n) is 6.76. The second-order valence-electron chi connectivity index (χ2n) is 10.2. The predicted molar refractivity (Wildman–Crippen MR) is 145 cm³/mol. The van der Waals surface area contributed by atoms with Crippen molar-refractivity contribution in [2.45, 2.75) is 58.8 Å². The maximum Gasteiger partial charge on any atom is 0.285 e. The molecule has 3 aromatic heterocycles. The van der Waals surface area contributed by atoms with Gasteiger partial charge >= 0.3 is 0 Å². The highest BCUT2D eigenvalue weighted by Gasteiger charge is 2.40. The Bertz CT molecular complexity index is 1690. The molecule has 39 heavy (non-hydrogen) atoms. The number of aromatic nitrogens is 6. The zero-order valence-corrected chi connectivity index (χ0v) is 22.2. The fraction of sp³-hybridized carbons (Fsp3) is 0.370. The average Bonchev–Trinajstić information content (AvgIpc) is 3.14. The molecular formula is C27H30F2N8O2. The minimum Gasteiger partial charge on any atom is -0.324 e. The number of nitrogens with one attached hydrogen (secondary N) is 1. The van der Waals surface area contributed by atoms with Crippen LogP contribution in [0.15, 0.2) is 58.8 Å². The lowest BCUT2D eigenvalue weighted by molar-refractivity contribution is -0.0600. The van der Waals surface area contributed by atoms with Crippen molar-refractivity contribution < 1.29 is 8.78 Å². The van der Waals surface area contributed by atoms with Gasteiger partial charge in [0.1, 0.15) is 5.39 Å². The molecular weight excluding hydrogens is 506 g/mol. The molecule has 0 saturated carbocycles. The van der Waals surface area contributed by atoms with E-state index in [1.807, 2.05) is 27.7 Å². The van der Waals surface area contributed by atoms with Gasteiger partial charge in [0.05, 0.1) is 19.1 Å². The van der Waals surface area contributed by atoms with Gasteiger partial charge in [0.15, 0.2) is 11.5 Å². The van der Waals surface area contributed by atoms with Gasteiger partial charge in [0.2, 0.25) is 5.95 Å². The Kier molecular flexibility index (Phi) is 6.67. The summed E-state index contributed by atoms with van der Waals surface area (Å²) < 4.78 is 33.9. The maximum absolute atomic E-state index is 14.8. The highest BCUT2D eigenvalue weighted by atomic mass is 19.3. The summed E-state index contributed by atoms with van der Waals surface area (Å²) in [6.07, 6.45) is 2.99. The van der Waals surface area contributed by atoms with Gasteiger partial charge < -0.3 is 5.32 Å². The number of halogens is 2. The molecule has 1 aliphatic rings. The van der Waals surface area contributed by atoms with E-state index in [9.17, 15) is 18.4 Å². The Labute approximate surface area is 223 Å². The molecule has 0 unspecified atom stereocenters. The standard InChI is InChI=1S/C27H30F2N8O2/c1-6-11-35-25(39)20-13-30-26(32-24(20)37(35)22-9-10-23(38)36(33-22)17(4)5)31-19-7-8-21-18(12-19)14-34(16(2)3)15-27(21,28)29/h6-10,12-13,16-17H,1,11,14-15H2,2-5H3,(H,30,31,32). The molecule has 10 nitrogen and oxygen atoms in total. The summed E-state index contributed by atoms with van der Waals surface area (Å²) in [6, 6.07) is 7.38. The van der Waals surface area contributed by atoms with Gasteiger partial charge in [-0.2, -0.15) is 13.8 Å². The van der Waals surface area contributed by atoms with Crippen LogP contribution in [0, 0.1) is 0 Å². The topological polar surface area (TPSA) is 103 Å². The zero-order chi connectivity index (χ0) is 28.1. The lowest BCUT2D eigenvalue weighted by Gasteiger charge is -2.37. The van der Waals surface area contributed by atoms with Crippen molar-refractivity contribution in [3.63, 3.8) is 0 Å². The molecule has 4 heterocycles. The number of hydrogen-bond donors (Lipinski definition) is 1. The summed E-state index contributed by atoms with van der Waals surface area (Å²) in [4.78, 5) is 36.1. The molecule has 0 aliphatic carbocycles. The first-order chi connectivity index (χ1) is 18.5. The van der Waals surface area contributed by atoms with E-state index < -0.39 is 5.92 Å². The van der Waals surface area contributed by atoms with E-state index >= 15 is 0 Å². The van der Waals surface area contributed by atoms with Crippen LogP contribution in [0.3, 0.4) is 0 Å². The monoisotopic (exact) mass is 536 g/mol. The van der Waals surface area contributed by atoms with Crippen LogP contribution in [0.25, 0.3) is 16.9 Å². The lowest BCUT2D eigenvalue weighted by atomic mass is 9.95. The number of benzene rings is 1. The summed E-state index contributed by atoms with van der Waals surface area (Å²) in [7, 11) is 0. The molecule has 0 amide bonds. The summed E-state index contributed by atoms with van der Waals surface area (Å²) >= 11 is 0. The first-order valence-corrected chi connectivity index (χ1v) is 12.7. The van der Waals surface area contributed by atoms with Gasteiger partial charge in [-0.3, -0.25) is 14.5 Å². The van der Waals surface area contributed by atoms with E-state index in [2.05, 4.69) is 27.0 Å². The summed E-state index contributed by atoms with van der Waals surface area (Å²) in [5.41, 5.74) is 0.749. The SMILES string of the molecule is C=CCn1c(=O)c2cnc(Nc3ccc4c(c3)CN(C(C)C)CC4(F)F)nc2n1-c1ccc(=O)n(C(C)C)n1. The molecule has 1 aromatic carbocycles. The molecule has 4 aromatic rings. The molecule has 0 saturated heterocycles. The Morgan fingerprint density at radius 2 is 1.90 bits per heavy atom. The van der Waals surface area contributed by atoms with Crippen molar-refractivity contribution in [3.8, 4) is 5.82 Å². The predicted octanol–water partition coefficient (Wildman–Crippen LogP) is 3.97. The van der Waals surface area contributed by atoms with Gasteiger partial charge in [0, 0.05) is 36.1 Å². The summed E-state index contributed by atoms with van der Waals surface area (Å²) in [6.45, 7) is 11.5. The fourth-order valence-electron chi connectivity index (χ4n) is 4.77. The van der Waals surface area contributed by atoms with E-state index in [0.717, 1.165) is 0 Å². The number of hydrogen-bond acceptors (Lipinski definition) is 7. The van der Waals surface area contributed by atoms with E-state index in [1.54, 1.807) is 23.1 Å². The van der Waals surface area contributed by atoms with Crippen LogP contribution in [0.4, 0.5) is 20.4 Å². The average molecular weight is 537 g/mol. The van der Waals surface area contributed by atoms with Crippen LogP contribution < -0.4 is 16.4 Å². The molecule has 5 rings (SSSR count). The summed E-state index contributed by atoms with van der Waals surface area (Å²) in [5, 5.41) is 7.81. The second kappa shape index (κ2) is 9.84.